The normalized spacial score (nSPS) is 15.1. The minimum absolute atomic E-state index is 0.247. The molecule has 4 aromatic rings. The maximum absolute atomic E-state index is 9.50. The van der Waals surface area contributed by atoms with E-state index < -0.39 is 0 Å². The first-order chi connectivity index (χ1) is 15.1. The Labute approximate surface area is 182 Å². The summed E-state index contributed by atoms with van der Waals surface area (Å²) in [5.74, 6) is 0.247. The number of nitrogens with zero attached hydrogens (tertiary/aromatic N) is 4. The smallest absolute Gasteiger partial charge is 0.182 e. The van der Waals surface area contributed by atoms with Crippen molar-refractivity contribution < 1.29 is 5.11 Å². The third kappa shape index (κ3) is 3.86. The van der Waals surface area contributed by atoms with Crippen molar-refractivity contribution in [1.29, 1.82) is 0 Å². The van der Waals surface area contributed by atoms with Gasteiger partial charge >= 0.3 is 0 Å². The highest BCUT2D eigenvalue weighted by molar-refractivity contribution is 5.92. The third-order valence-corrected chi connectivity index (χ3v) is 6.15. The fourth-order valence-corrected chi connectivity index (χ4v) is 4.25. The van der Waals surface area contributed by atoms with E-state index in [1.165, 1.54) is 5.69 Å². The van der Waals surface area contributed by atoms with Crippen LogP contribution in [-0.4, -0.2) is 57.4 Å². The van der Waals surface area contributed by atoms with E-state index in [0.717, 1.165) is 54.1 Å². The summed E-state index contributed by atoms with van der Waals surface area (Å²) >= 11 is 0. The SMILES string of the molecule is CC(C)N1CCN(c2ccc(-c3[nH]nc4nc(-c5ccc(O)cc5)ccc34)cc2)CC1. The minimum Gasteiger partial charge on any atom is -0.508 e. The third-order valence-electron chi connectivity index (χ3n) is 6.15. The first kappa shape index (κ1) is 19.6. The van der Waals surface area contributed by atoms with Gasteiger partial charge in [-0.1, -0.05) is 12.1 Å². The first-order valence-corrected chi connectivity index (χ1v) is 10.8. The lowest BCUT2D eigenvalue weighted by molar-refractivity contribution is 0.209. The number of anilines is 1. The van der Waals surface area contributed by atoms with E-state index in [9.17, 15) is 5.11 Å². The highest BCUT2D eigenvalue weighted by atomic mass is 16.3. The van der Waals surface area contributed by atoms with Crippen LogP contribution in [0, 0.1) is 0 Å². The average molecular weight is 414 g/mol. The Morgan fingerprint density at radius 2 is 1.52 bits per heavy atom. The van der Waals surface area contributed by atoms with Gasteiger partial charge in [-0.3, -0.25) is 10.00 Å². The number of rotatable bonds is 4. The molecule has 0 spiro atoms. The molecule has 5 rings (SSSR count). The molecular formula is C25H27N5O. The quantitative estimate of drug-likeness (QED) is 0.515. The molecule has 6 nitrogen and oxygen atoms in total. The fraction of sp³-hybridized carbons (Fsp3) is 0.280. The standard InChI is InChI=1S/C25H27N5O/c1-17(2)29-13-15-30(16-14-29)20-7-3-19(4-8-20)24-22-11-12-23(26-25(22)28-27-24)18-5-9-21(31)10-6-18/h3-12,17,31H,13-16H2,1-2H3,(H,26,27,28). The molecule has 2 aromatic carbocycles. The number of hydrogen-bond acceptors (Lipinski definition) is 5. The zero-order valence-electron chi connectivity index (χ0n) is 17.9. The van der Waals surface area contributed by atoms with Crippen LogP contribution >= 0.6 is 0 Å². The summed E-state index contributed by atoms with van der Waals surface area (Å²) in [7, 11) is 0. The molecule has 31 heavy (non-hydrogen) atoms. The van der Waals surface area contributed by atoms with Crippen LogP contribution in [0.3, 0.4) is 0 Å². The van der Waals surface area contributed by atoms with E-state index >= 15 is 0 Å². The van der Waals surface area contributed by atoms with Gasteiger partial charge in [-0.05, 0) is 62.4 Å². The van der Waals surface area contributed by atoms with Gasteiger partial charge in [-0.25, -0.2) is 4.98 Å². The van der Waals surface area contributed by atoms with Crippen molar-refractivity contribution in [2.75, 3.05) is 31.1 Å². The van der Waals surface area contributed by atoms with Gasteiger partial charge in [0.25, 0.3) is 0 Å². The number of aromatic nitrogens is 3. The second kappa shape index (κ2) is 8.04. The lowest BCUT2D eigenvalue weighted by Crippen LogP contribution is -2.48. The summed E-state index contributed by atoms with van der Waals surface area (Å²) < 4.78 is 0. The number of benzene rings is 2. The number of piperazine rings is 1. The molecule has 1 aliphatic heterocycles. The average Bonchev–Trinajstić information content (AvgIpc) is 3.23. The number of aromatic amines is 1. The van der Waals surface area contributed by atoms with Crippen LogP contribution in [0.1, 0.15) is 13.8 Å². The number of hydrogen-bond donors (Lipinski definition) is 2. The van der Waals surface area contributed by atoms with Crippen LogP contribution < -0.4 is 4.90 Å². The van der Waals surface area contributed by atoms with Crippen molar-refractivity contribution in [1.82, 2.24) is 20.1 Å². The number of pyridine rings is 1. The van der Waals surface area contributed by atoms with Crippen LogP contribution in [0.15, 0.2) is 60.7 Å². The molecule has 0 atom stereocenters. The molecule has 1 saturated heterocycles. The summed E-state index contributed by atoms with van der Waals surface area (Å²) in [6.45, 7) is 8.88. The molecule has 1 aliphatic rings. The molecule has 1 fully saturated rings. The number of fused-ring (bicyclic) bond motifs is 1. The molecule has 3 heterocycles. The van der Waals surface area contributed by atoms with Crippen LogP contribution in [-0.2, 0) is 0 Å². The zero-order valence-corrected chi connectivity index (χ0v) is 17.9. The second-order valence-electron chi connectivity index (χ2n) is 8.38. The molecular weight excluding hydrogens is 386 g/mol. The van der Waals surface area contributed by atoms with Gasteiger partial charge < -0.3 is 10.0 Å². The van der Waals surface area contributed by atoms with Crippen LogP contribution in [0.2, 0.25) is 0 Å². The Morgan fingerprint density at radius 1 is 0.839 bits per heavy atom. The largest absolute Gasteiger partial charge is 0.508 e. The van der Waals surface area contributed by atoms with Gasteiger partial charge in [-0.2, -0.15) is 5.10 Å². The van der Waals surface area contributed by atoms with Crippen molar-refractivity contribution in [2.24, 2.45) is 0 Å². The van der Waals surface area contributed by atoms with Gasteiger partial charge in [0, 0.05) is 54.4 Å². The van der Waals surface area contributed by atoms with Crippen molar-refractivity contribution in [3.05, 3.63) is 60.7 Å². The van der Waals surface area contributed by atoms with Gasteiger partial charge in [-0.15, -0.1) is 0 Å². The van der Waals surface area contributed by atoms with Crippen molar-refractivity contribution in [2.45, 2.75) is 19.9 Å². The summed E-state index contributed by atoms with van der Waals surface area (Å²) in [5.41, 5.74) is 5.83. The van der Waals surface area contributed by atoms with Crippen molar-refractivity contribution in [3.63, 3.8) is 0 Å². The van der Waals surface area contributed by atoms with Crippen LogP contribution in [0.4, 0.5) is 5.69 Å². The Bertz CT molecular complexity index is 1170. The van der Waals surface area contributed by atoms with Gasteiger partial charge in [0.15, 0.2) is 5.65 Å². The van der Waals surface area contributed by atoms with E-state index in [1.54, 1.807) is 12.1 Å². The van der Waals surface area contributed by atoms with E-state index in [0.29, 0.717) is 11.7 Å². The number of phenolic OH excluding ortho intramolecular Hbond substituents is 1. The van der Waals surface area contributed by atoms with Gasteiger partial charge in [0.1, 0.15) is 5.75 Å². The maximum Gasteiger partial charge on any atom is 0.182 e. The van der Waals surface area contributed by atoms with Gasteiger partial charge in [0.05, 0.1) is 11.4 Å². The lowest BCUT2D eigenvalue weighted by Gasteiger charge is -2.38. The monoisotopic (exact) mass is 413 g/mol. The predicted molar refractivity (Wildman–Crippen MR) is 125 cm³/mol. The molecule has 6 heteroatoms. The molecule has 0 aliphatic carbocycles. The predicted octanol–water partition coefficient (Wildman–Crippen LogP) is 4.53. The molecule has 0 unspecified atom stereocenters. The van der Waals surface area contributed by atoms with Crippen LogP contribution in [0.25, 0.3) is 33.5 Å². The molecule has 158 valence electrons. The van der Waals surface area contributed by atoms with E-state index in [1.807, 2.05) is 18.2 Å². The Hall–Kier alpha value is -3.38. The first-order valence-electron chi connectivity index (χ1n) is 10.8. The van der Waals surface area contributed by atoms with Gasteiger partial charge in [0.2, 0.25) is 0 Å². The Kier molecular flexibility index (Phi) is 5.08. The second-order valence-corrected chi connectivity index (χ2v) is 8.38. The molecule has 0 saturated carbocycles. The van der Waals surface area contributed by atoms with E-state index in [2.05, 4.69) is 64.2 Å². The Balaban J connectivity index is 1.36. The Morgan fingerprint density at radius 3 is 2.19 bits per heavy atom. The minimum atomic E-state index is 0.247. The number of phenols is 1. The highest BCUT2D eigenvalue weighted by Gasteiger charge is 2.19. The molecule has 0 amide bonds. The molecule has 0 radical (unpaired) electrons. The fourth-order valence-electron chi connectivity index (χ4n) is 4.25. The molecule has 0 bridgehead atoms. The molecule has 2 N–H and O–H groups in total. The number of nitrogens with one attached hydrogen (secondary N) is 1. The molecule has 2 aromatic heterocycles. The topological polar surface area (TPSA) is 68.3 Å². The summed E-state index contributed by atoms with van der Waals surface area (Å²) in [5, 5.41) is 18.1. The van der Waals surface area contributed by atoms with E-state index in [-0.39, 0.29) is 5.75 Å². The zero-order chi connectivity index (χ0) is 21.4. The highest BCUT2D eigenvalue weighted by Crippen LogP contribution is 2.30. The maximum atomic E-state index is 9.50. The summed E-state index contributed by atoms with van der Waals surface area (Å²) in [6, 6.07) is 20.4. The summed E-state index contributed by atoms with van der Waals surface area (Å²) in [4.78, 5) is 9.68. The summed E-state index contributed by atoms with van der Waals surface area (Å²) in [6.07, 6.45) is 0. The van der Waals surface area contributed by atoms with Crippen LogP contribution in [0.5, 0.6) is 5.75 Å². The number of H-pyrrole nitrogens is 1. The lowest BCUT2D eigenvalue weighted by atomic mass is 10.1. The van der Waals surface area contributed by atoms with Crippen molar-refractivity contribution in [3.8, 4) is 28.3 Å². The number of aromatic hydroxyl groups is 1. The van der Waals surface area contributed by atoms with E-state index in [4.69, 9.17) is 4.98 Å². The van der Waals surface area contributed by atoms with Crippen molar-refractivity contribution >= 4 is 16.7 Å².